The molecule has 0 bridgehead atoms. The lowest BCUT2D eigenvalue weighted by Gasteiger charge is -2.36. The third kappa shape index (κ3) is 6.01. The molecule has 3 rings (SSSR count). The number of alkyl halides is 3. The van der Waals surface area contributed by atoms with Crippen molar-refractivity contribution in [1.82, 2.24) is 5.32 Å². The largest absolute Gasteiger partial charge is 0.471 e. The van der Waals surface area contributed by atoms with Crippen molar-refractivity contribution >= 4 is 23.5 Å². The van der Waals surface area contributed by atoms with Gasteiger partial charge in [-0.3, -0.25) is 4.79 Å². The molecule has 0 aliphatic carbocycles. The van der Waals surface area contributed by atoms with Crippen LogP contribution in [0.25, 0.3) is 0 Å². The summed E-state index contributed by atoms with van der Waals surface area (Å²) in [5.41, 5.74) is 2.67. The third-order valence-corrected chi connectivity index (χ3v) is 5.56. The van der Waals surface area contributed by atoms with Gasteiger partial charge < -0.3 is 16.0 Å². The number of carbonyl (C=O) groups excluding carboxylic acids is 1. The highest BCUT2D eigenvalue weighted by molar-refractivity contribution is 5.88. The number of nitrogens with one attached hydrogen (secondary N) is 3. The highest BCUT2D eigenvalue weighted by atomic mass is 19.4. The van der Waals surface area contributed by atoms with Crippen molar-refractivity contribution in [1.29, 1.82) is 5.41 Å². The van der Waals surface area contributed by atoms with E-state index in [1.807, 2.05) is 41.7 Å². The van der Waals surface area contributed by atoms with Crippen LogP contribution in [0.1, 0.15) is 36.5 Å². The van der Waals surface area contributed by atoms with Crippen LogP contribution in [0.3, 0.4) is 0 Å². The second-order valence-electron chi connectivity index (χ2n) is 8.64. The van der Waals surface area contributed by atoms with E-state index in [9.17, 15) is 22.4 Å². The van der Waals surface area contributed by atoms with Crippen molar-refractivity contribution in [2.45, 2.75) is 25.9 Å². The molecule has 3 aromatic rings. The number of hydrogen-bond donors (Lipinski definition) is 3. The zero-order valence-electron chi connectivity index (χ0n) is 18.7. The van der Waals surface area contributed by atoms with E-state index in [1.165, 1.54) is 18.3 Å². The van der Waals surface area contributed by atoms with E-state index in [0.717, 1.165) is 11.1 Å². The lowest BCUT2D eigenvalue weighted by Crippen LogP contribution is -2.43. The lowest BCUT2D eigenvalue weighted by atomic mass is 9.71. The summed E-state index contributed by atoms with van der Waals surface area (Å²) in [4.78, 5) is 11.4. The maximum absolute atomic E-state index is 13.2. The summed E-state index contributed by atoms with van der Waals surface area (Å²) in [6.45, 7) is 3.37. The van der Waals surface area contributed by atoms with Gasteiger partial charge in [0.25, 0.3) is 0 Å². The Morgan fingerprint density at radius 2 is 1.62 bits per heavy atom. The van der Waals surface area contributed by atoms with E-state index < -0.39 is 17.5 Å². The number of carbonyl (C=O) groups is 1. The Kier molecular flexibility index (Phi) is 7.39. The zero-order valence-corrected chi connectivity index (χ0v) is 18.7. The van der Waals surface area contributed by atoms with E-state index in [0.29, 0.717) is 16.9 Å². The number of halogens is 4. The minimum atomic E-state index is -4.96. The van der Waals surface area contributed by atoms with Gasteiger partial charge in [0.15, 0.2) is 0 Å². The summed E-state index contributed by atoms with van der Waals surface area (Å²) < 4.78 is 51.5. The van der Waals surface area contributed by atoms with Gasteiger partial charge in [0.05, 0.1) is 0 Å². The monoisotopic (exact) mass is 471 g/mol. The Labute approximate surface area is 195 Å². The number of benzene rings is 3. The molecule has 3 aromatic carbocycles. The average Bonchev–Trinajstić information content (AvgIpc) is 2.80. The quantitative estimate of drug-likeness (QED) is 0.263. The molecule has 1 atom stereocenters. The molecular weight excluding hydrogens is 446 g/mol. The predicted octanol–water partition coefficient (Wildman–Crippen LogP) is 6.40. The van der Waals surface area contributed by atoms with E-state index in [1.54, 1.807) is 38.1 Å². The summed E-state index contributed by atoms with van der Waals surface area (Å²) in [6, 6.07) is 20.5. The van der Waals surface area contributed by atoms with Crippen molar-refractivity contribution in [3.05, 3.63) is 95.3 Å². The molecule has 4 nitrogen and oxygen atoms in total. The molecule has 1 amide bonds. The average molecular weight is 471 g/mol. The minimum absolute atomic E-state index is 0.208. The van der Waals surface area contributed by atoms with Crippen LogP contribution in [0.5, 0.6) is 0 Å². The molecule has 0 heterocycles. The van der Waals surface area contributed by atoms with Gasteiger partial charge in [-0.05, 0) is 52.9 Å². The third-order valence-electron chi connectivity index (χ3n) is 5.56. The van der Waals surface area contributed by atoms with E-state index in [2.05, 4.69) is 5.32 Å². The smallest absolute Gasteiger partial charge is 0.355 e. The second-order valence-corrected chi connectivity index (χ2v) is 8.64. The van der Waals surface area contributed by atoms with Crippen molar-refractivity contribution in [3.8, 4) is 0 Å². The highest BCUT2D eigenvalue weighted by Crippen LogP contribution is 2.41. The molecule has 0 unspecified atom stereocenters. The first-order chi connectivity index (χ1) is 16.0. The molecule has 0 saturated heterocycles. The first-order valence-corrected chi connectivity index (χ1v) is 10.6. The van der Waals surface area contributed by atoms with Crippen LogP contribution in [0, 0.1) is 16.6 Å². The fourth-order valence-electron chi connectivity index (χ4n) is 3.93. The van der Waals surface area contributed by atoms with Gasteiger partial charge in [0.2, 0.25) is 0 Å². The maximum Gasteiger partial charge on any atom is 0.471 e. The summed E-state index contributed by atoms with van der Waals surface area (Å²) in [5, 5.41) is 13.0. The molecule has 0 aliphatic rings. The molecule has 3 N–H and O–H groups in total. The lowest BCUT2D eigenvalue weighted by molar-refractivity contribution is -0.174. The Bertz CT molecular complexity index is 1140. The highest BCUT2D eigenvalue weighted by Gasteiger charge is 2.40. The summed E-state index contributed by atoms with van der Waals surface area (Å²) >= 11 is 0. The van der Waals surface area contributed by atoms with E-state index >= 15 is 0 Å². The Morgan fingerprint density at radius 1 is 0.971 bits per heavy atom. The van der Waals surface area contributed by atoms with Crippen LogP contribution in [-0.2, 0) is 4.79 Å². The molecule has 0 fully saturated rings. The van der Waals surface area contributed by atoms with Gasteiger partial charge in [-0.15, -0.1) is 0 Å². The van der Waals surface area contributed by atoms with Crippen molar-refractivity contribution in [2.75, 3.05) is 11.9 Å². The first kappa shape index (κ1) is 25.0. The predicted molar refractivity (Wildman–Crippen MR) is 125 cm³/mol. The van der Waals surface area contributed by atoms with Gasteiger partial charge in [-0.1, -0.05) is 50.2 Å². The first-order valence-electron chi connectivity index (χ1n) is 10.6. The van der Waals surface area contributed by atoms with Gasteiger partial charge in [0.1, 0.15) is 5.82 Å². The summed E-state index contributed by atoms with van der Waals surface area (Å²) in [5.74, 6) is -2.72. The van der Waals surface area contributed by atoms with Crippen LogP contribution in [0.2, 0.25) is 0 Å². The van der Waals surface area contributed by atoms with Crippen LogP contribution in [0.15, 0.2) is 72.8 Å². The van der Waals surface area contributed by atoms with Gasteiger partial charge in [-0.2, -0.15) is 13.2 Å². The Balaban J connectivity index is 1.97. The zero-order chi connectivity index (χ0) is 24.9. The van der Waals surface area contributed by atoms with Crippen molar-refractivity contribution in [3.63, 3.8) is 0 Å². The van der Waals surface area contributed by atoms with Crippen molar-refractivity contribution < 1.29 is 22.4 Å². The number of rotatable bonds is 8. The fourth-order valence-corrected chi connectivity index (χ4v) is 3.93. The molecule has 178 valence electrons. The van der Waals surface area contributed by atoms with Gasteiger partial charge in [-0.25, -0.2) is 4.39 Å². The standard InChI is InChI=1S/C26H25F4N3O/c1-25(2,16-32-24(34)26(28,29)30)23(17-6-4-3-5-7-17)18-8-13-22(19(14-18)15-31)33-21-11-9-20(27)10-12-21/h3-15,23,31,33H,16H2,1-2H3,(H,32,34)/t23-/m1/s1. The second kappa shape index (κ2) is 10.1. The molecule has 0 spiro atoms. The fraction of sp³-hybridized carbons (Fsp3) is 0.231. The normalized spacial score (nSPS) is 12.6. The van der Waals surface area contributed by atoms with Crippen LogP contribution in [0.4, 0.5) is 28.9 Å². The molecule has 34 heavy (non-hydrogen) atoms. The van der Waals surface area contributed by atoms with Crippen LogP contribution < -0.4 is 10.6 Å². The maximum atomic E-state index is 13.2. The molecule has 0 aromatic heterocycles. The van der Waals surface area contributed by atoms with Gasteiger partial charge in [0, 0.05) is 35.6 Å². The molecular formula is C26H25F4N3O. The summed E-state index contributed by atoms with van der Waals surface area (Å²) in [6.07, 6.45) is -3.78. The summed E-state index contributed by atoms with van der Waals surface area (Å²) in [7, 11) is 0. The Morgan fingerprint density at radius 3 is 2.21 bits per heavy atom. The van der Waals surface area contributed by atoms with Crippen molar-refractivity contribution in [2.24, 2.45) is 5.41 Å². The van der Waals surface area contributed by atoms with E-state index in [4.69, 9.17) is 5.41 Å². The number of amides is 1. The number of hydrogen-bond acceptors (Lipinski definition) is 3. The molecule has 0 radical (unpaired) electrons. The van der Waals surface area contributed by atoms with E-state index in [-0.39, 0.29) is 18.3 Å². The number of anilines is 2. The van der Waals surface area contributed by atoms with Crippen LogP contribution in [-0.4, -0.2) is 24.8 Å². The topological polar surface area (TPSA) is 65.0 Å². The molecule has 0 aliphatic heterocycles. The van der Waals surface area contributed by atoms with Gasteiger partial charge >= 0.3 is 12.1 Å². The Hall–Kier alpha value is -3.68. The molecule has 0 saturated carbocycles. The SMILES string of the molecule is CC(C)(CNC(=O)C(F)(F)F)[C@H](c1ccccc1)c1ccc(Nc2ccc(F)cc2)c(C=N)c1. The molecule has 8 heteroatoms. The minimum Gasteiger partial charge on any atom is -0.355 e. The van der Waals surface area contributed by atoms with Crippen LogP contribution >= 0.6 is 0 Å².